The fraction of sp³-hybridized carbons (Fsp3) is 0.120. The van der Waals surface area contributed by atoms with Crippen LogP contribution in [0.15, 0.2) is 77.8 Å². The highest BCUT2D eigenvalue weighted by Gasteiger charge is 2.38. The van der Waals surface area contributed by atoms with E-state index < -0.39 is 5.97 Å². The topological polar surface area (TPSA) is 68.7 Å². The van der Waals surface area contributed by atoms with Crippen LogP contribution in [0, 0.1) is 0 Å². The van der Waals surface area contributed by atoms with Crippen LogP contribution in [0.4, 0.5) is 0 Å². The van der Waals surface area contributed by atoms with Gasteiger partial charge in [0, 0.05) is 33.1 Å². The van der Waals surface area contributed by atoms with E-state index in [4.69, 9.17) is 28.2 Å². The average molecular weight is 464 g/mol. The van der Waals surface area contributed by atoms with Gasteiger partial charge in [0.1, 0.15) is 11.7 Å². The summed E-state index contributed by atoms with van der Waals surface area (Å²) in [4.78, 5) is 22.2. The number of nitrogens with zero attached hydrogens (tertiary/aromatic N) is 2. The molecule has 0 saturated carbocycles. The lowest BCUT2D eigenvalue weighted by molar-refractivity contribution is 0.0688. The maximum absolute atomic E-state index is 12.2. The molecule has 0 aliphatic carbocycles. The molecule has 2 N–H and O–H groups in total. The summed E-state index contributed by atoms with van der Waals surface area (Å²) in [6, 6.07) is 22.4. The predicted octanol–water partition coefficient (Wildman–Crippen LogP) is 6.50. The smallest absolute Gasteiger partial charge is 0.352 e. The number of aliphatic imine (C=N–C) groups is 1. The second kappa shape index (κ2) is 8.34. The molecule has 7 heteroatoms. The Morgan fingerprint density at radius 1 is 1.00 bits per heavy atom. The van der Waals surface area contributed by atoms with Gasteiger partial charge in [0.05, 0.1) is 12.4 Å². The van der Waals surface area contributed by atoms with E-state index >= 15 is 0 Å². The molecule has 1 aliphatic heterocycles. The molecule has 32 heavy (non-hydrogen) atoms. The number of hydrogen-bond donors (Lipinski definition) is 2. The summed E-state index contributed by atoms with van der Waals surface area (Å²) < 4.78 is 0. The average Bonchev–Trinajstić information content (AvgIpc) is 3.36. The summed E-state index contributed by atoms with van der Waals surface area (Å²) in [5.41, 5.74) is 3.62. The Morgan fingerprint density at radius 3 is 2.44 bits per heavy atom. The van der Waals surface area contributed by atoms with E-state index in [0.29, 0.717) is 27.7 Å². The molecule has 0 radical (unpaired) electrons. The zero-order chi connectivity index (χ0) is 22.2. The van der Waals surface area contributed by atoms with Gasteiger partial charge >= 0.3 is 5.97 Å². The van der Waals surface area contributed by atoms with Crippen molar-refractivity contribution in [2.24, 2.45) is 4.99 Å². The van der Waals surface area contributed by atoms with Gasteiger partial charge in [-0.15, -0.1) is 0 Å². The van der Waals surface area contributed by atoms with Crippen LogP contribution in [0.5, 0.6) is 0 Å². The molecular weight excluding hydrogens is 445 g/mol. The normalized spacial score (nSPS) is 17.9. The van der Waals surface area contributed by atoms with Crippen LogP contribution < -0.4 is 0 Å². The summed E-state index contributed by atoms with van der Waals surface area (Å²) in [6.45, 7) is 0.563. The number of aromatic amines is 1. The number of carbonyl (C=O) groups is 1. The lowest BCUT2D eigenvalue weighted by atomic mass is 9.91. The molecule has 4 aromatic rings. The predicted molar refractivity (Wildman–Crippen MR) is 128 cm³/mol. The van der Waals surface area contributed by atoms with Crippen LogP contribution in [-0.2, 0) is 6.54 Å². The summed E-state index contributed by atoms with van der Waals surface area (Å²) in [7, 11) is 0. The van der Waals surface area contributed by atoms with Crippen molar-refractivity contribution in [3.05, 3.63) is 105 Å². The molecule has 2 unspecified atom stereocenters. The van der Waals surface area contributed by atoms with Gasteiger partial charge in [-0.05, 0) is 35.4 Å². The first kappa shape index (κ1) is 20.6. The van der Waals surface area contributed by atoms with Crippen molar-refractivity contribution in [3.63, 3.8) is 0 Å². The van der Waals surface area contributed by atoms with Crippen LogP contribution in [0.2, 0.25) is 10.0 Å². The van der Waals surface area contributed by atoms with Crippen LogP contribution in [0.1, 0.15) is 39.3 Å². The number of H-pyrrole nitrogens is 1. The number of halogens is 2. The van der Waals surface area contributed by atoms with E-state index in [9.17, 15) is 9.90 Å². The molecule has 2 heterocycles. The number of carboxylic acids is 1. The standard InChI is InChI=1S/C25H19Cl2N3O2/c26-17-8-6-15(7-9-17)13-30-14-28-22(16-4-2-1-3-5-16)24(30)21-19-11-10-18(27)12-20(19)29-23(21)25(31)32/h1-12,14,22,24,29H,13H2,(H,31,32). The van der Waals surface area contributed by atoms with Crippen molar-refractivity contribution >= 4 is 46.4 Å². The minimum Gasteiger partial charge on any atom is -0.477 e. The van der Waals surface area contributed by atoms with Crippen molar-refractivity contribution in [3.8, 4) is 0 Å². The molecule has 0 spiro atoms. The number of carboxylic acid groups (broad SMARTS) is 1. The minimum absolute atomic E-state index is 0.153. The highest BCUT2D eigenvalue weighted by molar-refractivity contribution is 6.31. The number of fused-ring (bicyclic) bond motifs is 1. The first-order valence-electron chi connectivity index (χ1n) is 10.1. The van der Waals surface area contributed by atoms with Gasteiger partial charge in [-0.2, -0.15) is 0 Å². The quantitative estimate of drug-likeness (QED) is 0.354. The Morgan fingerprint density at radius 2 is 1.72 bits per heavy atom. The maximum atomic E-state index is 12.2. The van der Waals surface area contributed by atoms with E-state index in [1.807, 2.05) is 67.0 Å². The van der Waals surface area contributed by atoms with Gasteiger partial charge in [0.25, 0.3) is 0 Å². The van der Waals surface area contributed by atoms with E-state index in [2.05, 4.69) is 9.88 Å². The van der Waals surface area contributed by atoms with Crippen LogP contribution in [0.25, 0.3) is 10.9 Å². The molecule has 5 nitrogen and oxygen atoms in total. The fourth-order valence-corrected chi connectivity index (χ4v) is 4.64. The maximum Gasteiger partial charge on any atom is 0.352 e. The second-order valence-corrected chi connectivity index (χ2v) is 8.65. The third-order valence-corrected chi connectivity index (χ3v) is 6.25. The first-order valence-corrected chi connectivity index (χ1v) is 10.9. The Labute approximate surface area is 194 Å². The summed E-state index contributed by atoms with van der Waals surface area (Å²) in [5, 5.41) is 12.1. The van der Waals surface area contributed by atoms with Crippen molar-refractivity contribution in [1.29, 1.82) is 0 Å². The highest BCUT2D eigenvalue weighted by Crippen LogP contribution is 2.45. The molecule has 1 aliphatic rings. The second-order valence-electron chi connectivity index (χ2n) is 7.77. The highest BCUT2D eigenvalue weighted by atomic mass is 35.5. The third-order valence-electron chi connectivity index (χ3n) is 5.76. The SMILES string of the molecule is O=C(O)c1[nH]c2cc(Cl)ccc2c1C1C(c2ccccc2)N=CN1Cc1ccc(Cl)cc1. The first-order chi connectivity index (χ1) is 15.5. The van der Waals surface area contributed by atoms with E-state index in [0.717, 1.165) is 16.5 Å². The van der Waals surface area contributed by atoms with Gasteiger partial charge in [-0.25, -0.2) is 4.79 Å². The van der Waals surface area contributed by atoms with E-state index in [1.165, 1.54) is 0 Å². The van der Waals surface area contributed by atoms with Crippen molar-refractivity contribution in [2.45, 2.75) is 18.6 Å². The molecule has 2 atom stereocenters. The van der Waals surface area contributed by atoms with E-state index in [-0.39, 0.29) is 17.8 Å². The van der Waals surface area contributed by atoms with Crippen LogP contribution in [-0.4, -0.2) is 27.3 Å². The zero-order valence-electron chi connectivity index (χ0n) is 16.9. The molecule has 0 bridgehead atoms. The summed E-state index contributed by atoms with van der Waals surface area (Å²) >= 11 is 12.2. The van der Waals surface area contributed by atoms with Crippen molar-refractivity contribution in [2.75, 3.05) is 0 Å². The lowest BCUT2D eigenvalue weighted by Crippen LogP contribution is -2.27. The van der Waals surface area contributed by atoms with Gasteiger partial charge in [-0.1, -0.05) is 71.7 Å². The van der Waals surface area contributed by atoms with Gasteiger partial charge in [-0.3, -0.25) is 4.99 Å². The summed E-state index contributed by atoms with van der Waals surface area (Å²) in [6.07, 6.45) is 1.82. The number of nitrogens with one attached hydrogen (secondary N) is 1. The Balaban J connectivity index is 1.66. The molecule has 1 aromatic heterocycles. The van der Waals surface area contributed by atoms with Gasteiger partial charge < -0.3 is 15.0 Å². The van der Waals surface area contributed by atoms with Crippen LogP contribution in [0.3, 0.4) is 0 Å². The Hall–Kier alpha value is -3.28. The fourth-order valence-electron chi connectivity index (χ4n) is 4.34. The summed E-state index contributed by atoms with van der Waals surface area (Å²) in [5.74, 6) is -1.02. The number of aromatic nitrogens is 1. The number of aromatic carboxylic acids is 1. The number of hydrogen-bond acceptors (Lipinski definition) is 3. The molecule has 160 valence electrons. The van der Waals surface area contributed by atoms with Crippen molar-refractivity contribution in [1.82, 2.24) is 9.88 Å². The van der Waals surface area contributed by atoms with E-state index in [1.54, 1.807) is 12.1 Å². The largest absolute Gasteiger partial charge is 0.477 e. The van der Waals surface area contributed by atoms with Gasteiger partial charge in [0.2, 0.25) is 0 Å². The Bertz CT molecular complexity index is 1320. The molecule has 0 saturated heterocycles. The molecule has 0 fully saturated rings. The lowest BCUT2D eigenvalue weighted by Gasteiger charge is -2.29. The van der Waals surface area contributed by atoms with Crippen LogP contribution >= 0.6 is 23.2 Å². The minimum atomic E-state index is -1.02. The molecule has 0 amide bonds. The van der Waals surface area contributed by atoms with Crippen molar-refractivity contribution < 1.29 is 9.90 Å². The zero-order valence-corrected chi connectivity index (χ0v) is 18.4. The molecular formula is C25H19Cl2N3O2. The molecule has 3 aromatic carbocycles. The number of benzene rings is 3. The monoisotopic (exact) mass is 463 g/mol. The molecule has 5 rings (SSSR count). The van der Waals surface area contributed by atoms with Gasteiger partial charge in [0.15, 0.2) is 0 Å². The number of rotatable bonds is 5. The Kier molecular flexibility index (Phi) is 5.37. The third kappa shape index (κ3) is 3.74.